The maximum Gasteiger partial charge on any atom is 0.328 e. The number of nitrogens with one attached hydrogen (secondary N) is 1. The Hall–Kier alpha value is -1.79. The summed E-state index contributed by atoms with van der Waals surface area (Å²) in [5.74, 6) is -1.77. The van der Waals surface area contributed by atoms with Gasteiger partial charge in [0.15, 0.2) is 0 Å². The fourth-order valence-corrected chi connectivity index (χ4v) is 2.18. The van der Waals surface area contributed by atoms with Gasteiger partial charge in [-0.05, 0) is 18.8 Å². The van der Waals surface area contributed by atoms with E-state index in [2.05, 4.69) is 10.1 Å². The van der Waals surface area contributed by atoms with Crippen LogP contribution in [0.5, 0.6) is 0 Å². The molecule has 0 bridgehead atoms. The predicted octanol–water partition coefficient (Wildman–Crippen LogP) is 0.690. The first-order chi connectivity index (χ1) is 9.36. The van der Waals surface area contributed by atoms with Crippen LogP contribution in [0.2, 0.25) is 0 Å². The zero-order valence-electron chi connectivity index (χ0n) is 12.1. The highest BCUT2D eigenvalue weighted by atomic mass is 16.5. The summed E-state index contributed by atoms with van der Waals surface area (Å²) in [4.78, 5) is 36.0. The van der Waals surface area contributed by atoms with E-state index in [0.29, 0.717) is 25.9 Å². The molecular formula is C13H22N2O5. The molecule has 1 heterocycles. The number of carboxylic acids is 1. The molecule has 20 heavy (non-hydrogen) atoms. The van der Waals surface area contributed by atoms with Crippen LogP contribution in [0.25, 0.3) is 0 Å². The molecule has 0 aromatic heterocycles. The second kappa shape index (κ2) is 7.12. The van der Waals surface area contributed by atoms with Gasteiger partial charge >= 0.3 is 18.0 Å². The van der Waals surface area contributed by atoms with E-state index in [1.54, 1.807) is 0 Å². The number of carboxylic acid groups (broad SMARTS) is 1. The van der Waals surface area contributed by atoms with Gasteiger partial charge in [0.05, 0.1) is 13.0 Å². The van der Waals surface area contributed by atoms with E-state index in [9.17, 15) is 14.4 Å². The van der Waals surface area contributed by atoms with E-state index in [4.69, 9.17) is 5.11 Å². The molecule has 1 saturated heterocycles. The summed E-state index contributed by atoms with van der Waals surface area (Å²) in [5.41, 5.74) is 0. The van der Waals surface area contributed by atoms with Crippen molar-refractivity contribution in [2.24, 2.45) is 11.8 Å². The number of ether oxygens (including phenoxy) is 1. The fraction of sp³-hybridized carbons (Fsp3) is 0.769. The van der Waals surface area contributed by atoms with Crippen molar-refractivity contribution in [3.05, 3.63) is 0 Å². The smallest absolute Gasteiger partial charge is 0.328 e. The molecule has 1 aliphatic heterocycles. The summed E-state index contributed by atoms with van der Waals surface area (Å²) in [5, 5.41) is 11.6. The van der Waals surface area contributed by atoms with Crippen molar-refractivity contribution in [2.45, 2.75) is 32.7 Å². The molecule has 0 saturated carbocycles. The molecule has 0 spiro atoms. The minimum absolute atomic E-state index is 0.0806. The van der Waals surface area contributed by atoms with E-state index in [0.717, 1.165) is 0 Å². The molecule has 0 radical (unpaired) electrons. The van der Waals surface area contributed by atoms with E-state index < -0.39 is 18.0 Å². The summed E-state index contributed by atoms with van der Waals surface area (Å²) >= 11 is 0. The van der Waals surface area contributed by atoms with Crippen LogP contribution in [-0.2, 0) is 14.3 Å². The SMILES string of the molecule is COC(=O)C(NC(=O)N1CCC(C(=O)O)CC1)C(C)C. The third kappa shape index (κ3) is 4.11. The monoisotopic (exact) mass is 286 g/mol. The first-order valence-corrected chi connectivity index (χ1v) is 6.72. The van der Waals surface area contributed by atoms with Crippen LogP contribution in [0.4, 0.5) is 4.79 Å². The Kier molecular flexibility index (Phi) is 5.79. The number of amides is 2. The minimum atomic E-state index is -0.820. The van der Waals surface area contributed by atoms with Crippen molar-refractivity contribution in [2.75, 3.05) is 20.2 Å². The molecular weight excluding hydrogens is 264 g/mol. The van der Waals surface area contributed by atoms with Gasteiger partial charge in [0.25, 0.3) is 0 Å². The predicted molar refractivity (Wildman–Crippen MR) is 71.1 cm³/mol. The molecule has 114 valence electrons. The zero-order valence-corrected chi connectivity index (χ0v) is 12.1. The Balaban J connectivity index is 2.54. The molecule has 1 aliphatic rings. The molecule has 7 nitrogen and oxygen atoms in total. The highest BCUT2D eigenvalue weighted by Crippen LogP contribution is 2.17. The van der Waals surface area contributed by atoms with Crippen molar-refractivity contribution in [3.8, 4) is 0 Å². The lowest BCUT2D eigenvalue weighted by Crippen LogP contribution is -2.52. The van der Waals surface area contributed by atoms with Crippen LogP contribution in [0.1, 0.15) is 26.7 Å². The standard InChI is InChI=1S/C13H22N2O5/c1-8(2)10(12(18)20-3)14-13(19)15-6-4-9(5-7-15)11(16)17/h8-10H,4-7H2,1-3H3,(H,14,19)(H,16,17). The van der Waals surface area contributed by atoms with Gasteiger partial charge in [0, 0.05) is 13.1 Å². The summed E-state index contributed by atoms with van der Waals surface area (Å²) in [7, 11) is 1.28. The number of urea groups is 1. The molecule has 2 N–H and O–H groups in total. The van der Waals surface area contributed by atoms with Crippen LogP contribution in [0, 0.1) is 11.8 Å². The lowest BCUT2D eigenvalue weighted by atomic mass is 9.97. The summed E-state index contributed by atoms with van der Waals surface area (Å²) in [6, 6.07) is -1.04. The lowest BCUT2D eigenvalue weighted by Gasteiger charge is -2.32. The number of nitrogens with zero attached hydrogens (tertiary/aromatic N) is 1. The molecule has 2 amide bonds. The summed E-state index contributed by atoms with van der Waals surface area (Å²) < 4.78 is 4.66. The number of piperidine rings is 1. The Morgan fingerprint density at radius 2 is 1.80 bits per heavy atom. The number of likely N-dealkylation sites (tertiary alicyclic amines) is 1. The van der Waals surface area contributed by atoms with E-state index in [-0.39, 0.29) is 17.9 Å². The minimum Gasteiger partial charge on any atom is -0.481 e. The topological polar surface area (TPSA) is 95.9 Å². The number of methoxy groups -OCH3 is 1. The Labute approximate surface area is 118 Å². The summed E-state index contributed by atoms with van der Waals surface area (Å²) in [6.45, 7) is 4.40. The van der Waals surface area contributed by atoms with Crippen molar-refractivity contribution < 1.29 is 24.2 Å². The van der Waals surface area contributed by atoms with Crippen LogP contribution >= 0.6 is 0 Å². The maximum atomic E-state index is 12.1. The molecule has 1 atom stereocenters. The van der Waals surface area contributed by atoms with Gasteiger partial charge in [-0.1, -0.05) is 13.8 Å². The molecule has 1 rings (SSSR count). The van der Waals surface area contributed by atoms with Gasteiger partial charge in [0.2, 0.25) is 0 Å². The van der Waals surface area contributed by atoms with E-state index >= 15 is 0 Å². The van der Waals surface area contributed by atoms with Crippen LogP contribution in [-0.4, -0.2) is 54.2 Å². The molecule has 7 heteroatoms. The quantitative estimate of drug-likeness (QED) is 0.741. The molecule has 1 unspecified atom stereocenters. The van der Waals surface area contributed by atoms with Crippen LogP contribution < -0.4 is 5.32 Å². The largest absolute Gasteiger partial charge is 0.481 e. The number of carbonyl (C=O) groups excluding carboxylic acids is 2. The van der Waals surface area contributed by atoms with E-state index in [1.807, 2.05) is 13.8 Å². The molecule has 1 fully saturated rings. The molecule has 0 aromatic rings. The third-order valence-corrected chi connectivity index (χ3v) is 3.53. The maximum absolute atomic E-state index is 12.1. The second-order valence-electron chi connectivity index (χ2n) is 5.29. The number of aliphatic carboxylic acids is 1. The van der Waals surface area contributed by atoms with Crippen molar-refractivity contribution in [1.29, 1.82) is 0 Å². The third-order valence-electron chi connectivity index (χ3n) is 3.53. The van der Waals surface area contributed by atoms with Gasteiger partial charge in [-0.25, -0.2) is 9.59 Å². The highest BCUT2D eigenvalue weighted by molar-refractivity contribution is 5.84. The van der Waals surface area contributed by atoms with E-state index in [1.165, 1.54) is 12.0 Å². The average Bonchev–Trinajstić information content (AvgIpc) is 2.43. The molecule has 0 aliphatic carbocycles. The normalized spacial score (nSPS) is 17.7. The second-order valence-corrected chi connectivity index (χ2v) is 5.29. The van der Waals surface area contributed by atoms with Gasteiger partial charge in [-0.2, -0.15) is 0 Å². The van der Waals surface area contributed by atoms with Crippen LogP contribution in [0.15, 0.2) is 0 Å². The Morgan fingerprint density at radius 3 is 2.20 bits per heavy atom. The first-order valence-electron chi connectivity index (χ1n) is 6.72. The number of rotatable bonds is 4. The number of esters is 1. The van der Waals surface area contributed by atoms with Gasteiger partial charge < -0.3 is 20.1 Å². The van der Waals surface area contributed by atoms with Crippen molar-refractivity contribution in [3.63, 3.8) is 0 Å². The van der Waals surface area contributed by atoms with Crippen molar-refractivity contribution >= 4 is 18.0 Å². The Bertz CT molecular complexity index is 375. The average molecular weight is 286 g/mol. The lowest BCUT2D eigenvalue weighted by molar-refractivity contribution is -0.144. The number of carbonyl (C=O) groups is 3. The highest BCUT2D eigenvalue weighted by Gasteiger charge is 2.30. The number of hydrogen-bond acceptors (Lipinski definition) is 4. The fourth-order valence-electron chi connectivity index (χ4n) is 2.18. The zero-order chi connectivity index (χ0) is 15.3. The first kappa shape index (κ1) is 16.3. The molecule has 0 aromatic carbocycles. The van der Waals surface area contributed by atoms with Crippen molar-refractivity contribution in [1.82, 2.24) is 10.2 Å². The van der Waals surface area contributed by atoms with Gasteiger partial charge in [0.1, 0.15) is 6.04 Å². The number of hydrogen-bond donors (Lipinski definition) is 2. The van der Waals surface area contributed by atoms with Crippen LogP contribution in [0.3, 0.4) is 0 Å². The van der Waals surface area contributed by atoms with Gasteiger partial charge in [-0.15, -0.1) is 0 Å². The summed E-state index contributed by atoms with van der Waals surface area (Å²) in [6.07, 6.45) is 0.876. The van der Waals surface area contributed by atoms with Gasteiger partial charge in [-0.3, -0.25) is 4.79 Å². The Morgan fingerprint density at radius 1 is 1.25 bits per heavy atom.